The summed E-state index contributed by atoms with van der Waals surface area (Å²) < 4.78 is 0. The zero-order valence-electron chi connectivity index (χ0n) is 9.14. The highest BCUT2D eigenvalue weighted by Gasteiger charge is 2.31. The predicted molar refractivity (Wildman–Crippen MR) is 68.5 cm³/mol. The molecule has 0 aliphatic heterocycles. The zero-order chi connectivity index (χ0) is 10.9. The molecule has 0 saturated heterocycles. The molecule has 78 valence electrons. The van der Waals surface area contributed by atoms with Gasteiger partial charge in [-0.1, -0.05) is 56.4 Å². The van der Waals surface area contributed by atoms with Gasteiger partial charge >= 0.3 is 0 Å². The van der Waals surface area contributed by atoms with E-state index in [9.17, 15) is 0 Å². The van der Waals surface area contributed by atoms with Gasteiger partial charge in [-0.3, -0.25) is 0 Å². The van der Waals surface area contributed by atoms with Crippen LogP contribution in [0.3, 0.4) is 0 Å². The number of benzene rings is 1. The van der Waals surface area contributed by atoms with Gasteiger partial charge in [0.2, 0.25) is 0 Å². The van der Waals surface area contributed by atoms with Gasteiger partial charge in [0.15, 0.2) is 0 Å². The normalized spacial score (nSPS) is 29.4. The molecule has 1 heteroatoms. The minimum Gasteiger partial charge on any atom is -0.143 e. The number of thiol groups is 1. The van der Waals surface area contributed by atoms with Crippen LogP contribution in [-0.4, -0.2) is 0 Å². The van der Waals surface area contributed by atoms with Crippen molar-refractivity contribution in [3.63, 3.8) is 0 Å². The Bertz CT molecular complexity index is 417. The summed E-state index contributed by atoms with van der Waals surface area (Å²) in [5.74, 6) is 0.510. The van der Waals surface area contributed by atoms with Crippen molar-refractivity contribution < 1.29 is 0 Å². The molecule has 15 heavy (non-hydrogen) atoms. The van der Waals surface area contributed by atoms with Gasteiger partial charge in [-0.15, -0.1) is 12.6 Å². The fraction of sp³-hybridized carbons (Fsp3) is 0.286. The van der Waals surface area contributed by atoms with E-state index in [0.29, 0.717) is 5.92 Å². The van der Waals surface area contributed by atoms with Crippen LogP contribution in [0.5, 0.6) is 0 Å². The molecule has 0 saturated carbocycles. The number of hydrogen-bond acceptors (Lipinski definition) is 1. The number of rotatable bonds is 1. The maximum atomic E-state index is 4.54. The topological polar surface area (TPSA) is 0 Å². The molecule has 0 heterocycles. The first-order valence-electron chi connectivity index (χ1n) is 5.29. The molecule has 0 bridgehead atoms. The fourth-order valence-corrected chi connectivity index (χ4v) is 2.50. The first kappa shape index (κ1) is 10.6. The van der Waals surface area contributed by atoms with E-state index in [2.05, 4.69) is 69.0 Å². The van der Waals surface area contributed by atoms with E-state index in [4.69, 9.17) is 0 Å². The van der Waals surface area contributed by atoms with Gasteiger partial charge < -0.3 is 0 Å². The first-order chi connectivity index (χ1) is 7.14. The van der Waals surface area contributed by atoms with Crippen LogP contribution in [0.4, 0.5) is 0 Å². The number of hydrogen-bond donors (Lipinski definition) is 1. The SMILES string of the molecule is CC1C=CC=CC1(C)c1ccccc1S. The molecule has 1 aliphatic rings. The van der Waals surface area contributed by atoms with E-state index in [1.165, 1.54) is 5.56 Å². The van der Waals surface area contributed by atoms with Crippen molar-refractivity contribution in [1.82, 2.24) is 0 Å². The quantitative estimate of drug-likeness (QED) is 0.674. The summed E-state index contributed by atoms with van der Waals surface area (Å²) in [7, 11) is 0. The van der Waals surface area contributed by atoms with Gasteiger partial charge in [-0.2, -0.15) is 0 Å². The van der Waals surface area contributed by atoms with Crippen LogP contribution in [0.2, 0.25) is 0 Å². The van der Waals surface area contributed by atoms with E-state index < -0.39 is 0 Å². The standard InChI is InChI=1S/C14H16S/c1-11-7-5-6-10-14(11,2)12-8-3-4-9-13(12)15/h3-11,15H,1-2H3. The molecule has 0 amide bonds. The van der Waals surface area contributed by atoms with Gasteiger partial charge in [0, 0.05) is 10.3 Å². The molecule has 2 unspecified atom stereocenters. The summed E-state index contributed by atoms with van der Waals surface area (Å²) in [5, 5.41) is 0. The Labute approximate surface area is 97.1 Å². The Hall–Kier alpha value is -0.950. The van der Waals surface area contributed by atoms with Crippen LogP contribution in [0.1, 0.15) is 19.4 Å². The lowest BCUT2D eigenvalue weighted by molar-refractivity contribution is 0.451. The van der Waals surface area contributed by atoms with Gasteiger partial charge in [-0.25, -0.2) is 0 Å². The van der Waals surface area contributed by atoms with Crippen molar-refractivity contribution in [2.24, 2.45) is 5.92 Å². The first-order valence-corrected chi connectivity index (χ1v) is 5.74. The van der Waals surface area contributed by atoms with Gasteiger partial charge in [0.05, 0.1) is 0 Å². The second-order valence-electron chi connectivity index (χ2n) is 4.33. The van der Waals surface area contributed by atoms with Gasteiger partial charge in [0.25, 0.3) is 0 Å². The van der Waals surface area contributed by atoms with Crippen LogP contribution in [0, 0.1) is 5.92 Å². The summed E-state index contributed by atoms with van der Waals surface area (Å²) in [6, 6.07) is 8.34. The largest absolute Gasteiger partial charge is 0.143 e. The minimum atomic E-state index is 0.0765. The van der Waals surface area contributed by atoms with E-state index in [-0.39, 0.29) is 5.41 Å². The summed E-state index contributed by atoms with van der Waals surface area (Å²) in [6.07, 6.45) is 8.76. The summed E-state index contributed by atoms with van der Waals surface area (Å²) in [6.45, 7) is 4.52. The maximum Gasteiger partial charge on any atom is 0.0178 e. The van der Waals surface area contributed by atoms with Gasteiger partial charge in [-0.05, 0) is 17.5 Å². The second-order valence-corrected chi connectivity index (χ2v) is 4.81. The average Bonchev–Trinajstić information content (AvgIpc) is 2.23. The lowest BCUT2D eigenvalue weighted by atomic mass is 9.70. The molecule has 1 aromatic rings. The molecular formula is C14H16S. The number of allylic oxidation sites excluding steroid dienone is 4. The highest BCUT2D eigenvalue weighted by Crippen LogP contribution is 2.39. The van der Waals surface area contributed by atoms with Gasteiger partial charge in [0.1, 0.15) is 0 Å². The lowest BCUT2D eigenvalue weighted by Crippen LogP contribution is -2.28. The Morgan fingerprint density at radius 3 is 2.60 bits per heavy atom. The third-order valence-corrected chi connectivity index (χ3v) is 3.77. The summed E-state index contributed by atoms with van der Waals surface area (Å²) >= 11 is 4.54. The molecule has 1 aliphatic carbocycles. The summed E-state index contributed by atoms with van der Waals surface area (Å²) in [4.78, 5) is 1.08. The molecule has 0 spiro atoms. The minimum absolute atomic E-state index is 0.0765. The summed E-state index contributed by atoms with van der Waals surface area (Å²) in [5.41, 5.74) is 1.38. The molecule has 0 radical (unpaired) electrons. The Morgan fingerprint density at radius 1 is 1.20 bits per heavy atom. The Balaban J connectivity index is 2.50. The van der Waals surface area contributed by atoms with Crippen molar-refractivity contribution in [1.29, 1.82) is 0 Å². The van der Waals surface area contributed by atoms with E-state index in [1.54, 1.807) is 0 Å². The van der Waals surface area contributed by atoms with E-state index >= 15 is 0 Å². The lowest BCUT2D eigenvalue weighted by Gasteiger charge is -2.34. The van der Waals surface area contributed by atoms with Crippen LogP contribution < -0.4 is 0 Å². The van der Waals surface area contributed by atoms with Crippen LogP contribution in [-0.2, 0) is 5.41 Å². The van der Waals surface area contributed by atoms with Crippen molar-refractivity contribution in [3.05, 3.63) is 54.1 Å². The molecule has 0 N–H and O–H groups in total. The molecule has 2 atom stereocenters. The van der Waals surface area contributed by atoms with Crippen molar-refractivity contribution in [3.8, 4) is 0 Å². The van der Waals surface area contributed by atoms with Crippen LogP contribution in [0.25, 0.3) is 0 Å². The third-order valence-electron chi connectivity index (χ3n) is 3.38. The van der Waals surface area contributed by atoms with E-state index in [1.807, 2.05) is 6.07 Å². The van der Waals surface area contributed by atoms with Crippen molar-refractivity contribution >= 4 is 12.6 Å². The average molecular weight is 216 g/mol. The monoisotopic (exact) mass is 216 g/mol. The van der Waals surface area contributed by atoms with Crippen molar-refractivity contribution in [2.45, 2.75) is 24.2 Å². The highest BCUT2D eigenvalue weighted by molar-refractivity contribution is 7.80. The molecule has 0 fully saturated rings. The molecule has 0 nitrogen and oxygen atoms in total. The Kier molecular flexibility index (Phi) is 2.74. The molecule has 1 aromatic carbocycles. The zero-order valence-corrected chi connectivity index (χ0v) is 10.0. The third kappa shape index (κ3) is 1.76. The maximum absolute atomic E-state index is 4.54. The molecule has 0 aromatic heterocycles. The van der Waals surface area contributed by atoms with Crippen molar-refractivity contribution in [2.75, 3.05) is 0 Å². The van der Waals surface area contributed by atoms with E-state index in [0.717, 1.165) is 4.90 Å². The van der Waals surface area contributed by atoms with Crippen LogP contribution in [0.15, 0.2) is 53.5 Å². The molecule has 2 rings (SSSR count). The fourth-order valence-electron chi connectivity index (χ4n) is 2.10. The molecular weight excluding hydrogens is 200 g/mol. The van der Waals surface area contributed by atoms with Crippen LogP contribution >= 0.6 is 12.6 Å². The predicted octanol–water partition coefficient (Wildman–Crippen LogP) is 4.00. The highest BCUT2D eigenvalue weighted by atomic mass is 32.1. The Morgan fingerprint density at radius 2 is 1.93 bits per heavy atom. The second kappa shape index (κ2) is 3.90. The smallest absolute Gasteiger partial charge is 0.0178 e.